The normalized spacial score (nSPS) is 22.5. The van der Waals surface area contributed by atoms with Crippen molar-refractivity contribution in [3.05, 3.63) is 27.8 Å². The molecule has 1 aliphatic carbocycles. The number of hydrogen-bond acceptors (Lipinski definition) is 7. The number of nitrogen functional groups attached to an aromatic ring is 1. The van der Waals surface area contributed by atoms with Crippen LogP contribution < -0.4 is 26.5 Å². The van der Waals surface area contributed by atoms with Crippen LogP contribution in [-0.4, -0.2) is 55.1 Å². The van der Waals surface area contributed by atoms with Crippen molar-refractivity contribution in [1.29, 1.82) is 0 Å². The number of carbonyl (C=O) groups is 1. The third-order valence-electron chi connectivity index (χ3n) is 6.56. The molecular weight excluding hydrogens is 395 g/mol. The molecule has 2 aromatic rings. The summed E-state index contributed by atoms with van der Waals surface area (Å²) in [6, 6.07) is -0.197. The van der Waals surface area contributed by atoms with Gasteiger partial charge in [0.05, 0.1) is 42.3 Å². The number of hydrogen-bond donors (Lipinski definition) is 3. The molecule has 1 saturated carbocycles. The number of ether oxygens (including phenoxy) is 2. The molecule has 1 aromatic carbocycles. The van der Waals surface area contributed by atoms with Gasteiger partial charge in [0.15, 0.2) is 11.6 Å². The van der Waals surface area contributed by atoms with Crippen LogP contribution in [0.2, 0.25) is 0 Å². The molecule has 3 heterocycles. The summed E-state index contributed by atoms with van der Waals surface area (Å²) in [6.07, 6.45) is 2.95. The highest BCUT2D eigenvalue weighted by Crippen LogP contribution is 2.48. The van der Waals surface area contributed by atoms with Crippen molar-refractivity contribution in [2.45, 2.75) is 24.9 Å². The Labute approximate surface area is 170 Å². The predicted octanol–water partition coefficient (Wildman–Crippen LogP) is 0.928. The lowest BCUT2D eigenvalue weighted by molar-refractivity contribution is -0.106. The Morgan fingerprint density at radius 2 is 2.10 bits per heavy atom. The lowest BCUT2D eigenvalue weighted by Gasteiger charge is -2.40. The van der Waals surface area contributed by atoms with E-state index in [-0.39, 0.29) is 40.0 Å². The SMILES string of the molecule is COc1c(N2CC(N)C3(COC3)C2)c(F)c(N)c2c(=O)c(C(=O)O)cn(C3CC3)c12. The van der Waals surface area contributed by atoms with Crippen molar-refractivity contribution in [3.63, 3.8) is 0 Å². The standard InChI is InChI=1S/C20H23FN4O5/c1-29-18-15-12(17(26)10(19(27)28)4-25(15)9-2-3-9)14(23)13(21)16(18)24-5-11(22)20(6-24)7-30-8-20/h4,9,11H,2-3,5-8,22-23H2,1H3,(H,27,28). The minimum atomic E-state index is -1.38. The average molecular weight is 418 g/mol. The first kappa shape index (κ1) is 19.1. The number of halogens is 1. The van der Waals surface area contributed by atoms with Crippen molar-refractivity contribution in [2.75, 3.05) is 44.0 Å². The number of anilines is 2. The summed E-state index contributed by atoms with van der Waals surface area (Å²) in [4.78, 5) is 26.3. The Morgan fingerprint density at radius 3 is 2.60 bits per heavy atom. The fourth-order valence-corrected chi connectivity index (χ4v) is 4.67. The number of carboxylic acids is 1. The van der Waals surface area contributed by atoms with E-state index in [9.17, 15) is 14.7 Å². The molecular formula is C20H23FN4O5. The molecule has 160 valence electrons. The summed E-state index contributed by atoms with van der Waals surface area (Å²) in [5, 5.41) is 9.31. The van der Waals surface area contributed by atoms with Crippen LogP contribution in [0.4, 0.5) is 15.8 Å². The minimum absolute atomic E-state index is 0.00465. The van der Waals surface area contributed by atoms with Crippen LogP contribution in [0.5, 0.6) is 5.75 Å². The van der Waals surface area contributed by atoms with Crippen molar-refractivity contribution in [3.8, 4) is 5.75 Å². The van der Waals surface area contributed by atoms with Gasteiger partial charge in [0.2, 0.25) is 5.43 Å². The third-order valence-corrected chi connectivity index (χ3v) is 6.56. The van der Waals surface area contributed by atoms with Gasteiger partial charge >= 0.3 is 5.97 Å². The van der Waals surface area contributed by atoms with Gasteiger partial charge in [-0.25, -0.2) is 9.18 Å². The Kier molecular flexibility index (Phi) is 4.03. The Balaban J connectivity index is 1.81. The van der Waals surface area contributed by atoms with Gasteiger partial charge in [-0.1, -0.05) is 0 Å². The molecule has 5 N–H and O–H groups in total. The quantitative estimate of drug-likeness (QED) is 0.625. The number of nitrogens with zero attached hydrogens (tertiary/aromatic N) is 2. The molecule has 30 heavy (non-hydrogen) atoms. The van der Waals surface area contributed by atoms with Gasteiger partial charge in [-0.05, 0) is 12.8 Å². The van der Waals surface area contributed by atoms with E-state index in [0.29, 0.717) is 31.8 Å². The number of methoxy groups -OCH3 is 1. The zero-order chi connectivity index (χ0) is 21.4. The molecule has 2 saturated heterocycles. The van der Waals surface area contributed by atoms with Crippen molar-refractivity contribution in [2.24, 2.45) is 11.1 Å². The highest BCUT2D eigenvalue weighted by atomic mass is 19.1. The largest absolute Gasteiger partial charge is 0.492 e. The Hall–Kier alpha value is -2.85. The monoisotopic (exact) mass is 418 g/mol. The first-order valence-corrected chi connectivity index (χ1v) is 9.84. The molecule has 1 unspecified atom stereocenters. The van der Waals surface area contributed by atoms with E-state index in [1.807, 2.05) is 0 Å². The first-order chi connectivity index (χ1) is 14.3. The zero-order valence-electron chi connectivity index (χ0n) is 16.5. The fourth-order valence-electron chi connectivity index (χ4n) is 4.67. The molecule has 1 atom stereocenters. The molecule has 0 bridgehead atoms. The number of fused-ring (bicyclic) bond motifs is 1. The van der Waals surface area contributed by atoms with Crippen LogP contribution in [-0.2, 0) is 4.74 Å². The maximum absolute atomic E-state index is 15.6. The van der Waals surface area contributed by atoms with Gasteiger partial charge in [-0.3, -0.25) is 4.79 Å². The Morgan fingerprint density at radius 1 is 1.40 bits per heavy atom. The first-order valence-electron chi connectivity index (χ1n) is 9.84. The summed E-state index contributed by atoms with van der Waals surface area (Å²) in [5.74, 6) is -2.01. The van der Waals surface area contributed by atoms with Crippen molar-refractivity contribution in [1.82, 2.24) is 4.57 Å². The zero-order valence-corrected chi connectivity index (χ0v) is 16.5. The maximum Gasteiger partial charge on any atom is 0.341 e. The molecule has 5 rings (SSSR count). The molecule has 2 aliphatic heterocycles. The number of pyridine rings is 1. The molecule has 3 fully saturated rings. The van der Waals surface area contributed by atoms with Crippen LogP contribution in [0.1, 0.15) is 29.2 Å². The van der Waals surface area contributed by atoms with E-state index >= 15 is 4.39 Å². The summed E-state index contributed by atoms with van der Waals surface area (Å²) in [5.41, 5.74) is 11.0. The van der Waals surface area contributed by atoms with Gasteiger partial charge in [0, 0.05) is 31.4 Å². The average Bonchev–Trinajstić information content (AvgIpc) is 3.45. The lowest BCUT2D eigenvalue weighted by Crippen LogP contribution is -2.54. The molecule has 0 radical (unpaired) electrons. The highest BCUT2D eigenvalue weighted by Gasteiger charge is 2.51. The van der Waals surface area contributed by atoms with E-state index in [4.69, 9.17) is 20.9 Å². The van der Waals surface area contributed by atoms with Crippen LogP contribution in [0.15, 0.2) is 11.0 Å². The van der Waals surface area contributed by atoms with Gasteiger partial charge in [-0.15, -0.1) is 0 Å². The van der Waals surface area contributed by atoms with E-state index in [2.05, 4.69) is 0 Å². The summed E-state index contributed by atoms with van der Waals surface area (Å²) in [6.45, 7) is 1.88. The number of aromatic nitrogens is 1. The van der Waals surface area contributed by atoms with Gasteiger partial charge < -0.3 is 35.5 Å². The number of benzene rings is 1. The summed E-state index contributed by atoms with van der Waals surface area (Å²) >= 11 is 0. The molecule has 3 aliphatic rings. The molecule has 0 amide bonds. The topological polar surface area (TPSA) is 133 Å². The van der Waals surface area contributed by atoms with E-state index in [0.717, 1.165) is 12.8 Å². The van der Waals surface area contributed by atoms with Crippen molar-refractivity contribution < 1.29 is 23.8 Å². The minimum Gasteiger partial charge on any atom is -0.492 e. The lowest BCUT2D eigenvalue weighted by atomic mass is 9.82. The Bertz CT molecular complexity index is 1140. The molecule has 10 heteroatoms. The van der Waals surface area contributed by atoms with E-state index < -0.39 is 22.8 Å². The van der Waals surface area contributed by atoms with E-state index in [1.54, 1.807) is 9.47 Å². The van der Waals surface area contributed by atoms with Gasteiger partial charge in [0.25, 0.3) is 0 Å². The van der Waals surface area contributed by atoms with Gasteiger partial charge in [0.1, 0.15) is 11.3 Å². The molecule has 1 spiro atoms. The number of carboxylic acid groups (broad SMARTS) is 1. The van der Waals surface area contributed by atoms with Crippen LogP contribution >= 0.6 is 0 Å². The van der Waals surface area contributed by atoms with Crippen LogP contribution in [0.25, 0.3) is 10.9 Å². The number of rotatable bonds is 4. The second-order valence-corrected chi connectivity index (χ2v) is 8.49. The molecule has 1 aromatic heterocycles. The summed E-state index contributed by atoms with van der Waals surface area (Å²) in [7, 11) is 1.40. The number of nitrogens with two attached hydrogens (primary N) is 2. The molecule has 9 nitrogen and oxygen atoms in total. The van der Waals surface area contributed by atoms with E-state index in [1.165, 1.54) is 13.3 Å². The number of aromatic carboxylic acids is 1. The second kappa shape index (κ2) is 6.32. The summed E-state index contributed by atoms with van der Waals surface area (Å²) < 4.78 is 28.2. The fraction of sp³-hybridized carbons (Fsp3) is 0.500. The van der Waals surface area contributed by atoms with Crippen LogP contribution in [0.3, 0.4) is 0 Å². The highest BCUT2D eigenvalue weighted by molar-refractivity contribution is 6.03. The predicted molar refractivity (Wildman–Crippen MR) is 108 cm³/mol. The van der Waals surface area contributed by atoms with Crippen molar-refractivity contribution >= 4 is 28.2 Å². The second-order valence-electron chi connectivity index (χ2n) is 8.49. The van der Waals surface area contributed by atoms with Gasteiger partial charge in [-0.2, -0.15) is 0 Å². The smallest absolute Gasteiger partial charge is 0.341 e. The maximum atomic E-state index is 15.6. The van der Waals surface area contributed by atoms with Crippen LogP contribution in [0, 0.1) is 11.2 Å². The third kappa shape index (κ3) is 2.46.